The summed E-state index contributed by atoms with van der Waals surface area (Å²) in [6, 6.07) is 16.0. The number of benzene rings is 2. The van der Waals surface area contributed by atoms with Crippen LogP contribution in [-0.4, -0.2) is 35.0 Å². The zero-order valence-electron chi connectivity index (χ0n) is 17.9. The fourth-order valence-corrected chi connectivity index (χ4v) is 3.07. The lowest BCUT2D eigenvalue weighted by atomic mass is 10.1. The Morgan fingerprint density at radius 1 is 0.970 bits per heavy atom. The van der Waals surface area contributed by atoms with E-state index in [9.17, 15) is 9.18 Å². The van der Waals surface area contributed by atoms with Crippen LogP contribution in [0.15, 0.2) is 73.1 Å². The summed E-state index contributed by atoms with van der Waals surface area (Å²) in [6.07, 6.45) is 3.11. The van der Waals surface area contributed by atoms with E-state index in [0.717, 1.165) is 0 Å². The lowest BCUT2D eigenvalue weighted by Crippen LogP contribution is -2.13. The number of hydrogen-bond donors (Lipinski definition) is 2. The van der Waals surface area contributed by atoms with Crippen molar-refractivity contribution in [2.75, 3.05) is 24.8 Å². The van der Waals surface area contributed by atoms with Crippen LogP contribution < -0.4 is 20.1 Å². The van der Waals surface area contributed by atoms with Gasteiger partial charge in [-0.2, -0.15) is 0 Å². The number of pyridine rings is 1. The SMILES string of the molecule is CNc1nccc(-c2cccnc2Oc2cc(C(=O)Nc3ccccc3OC)ccc2F)n1. The highest BCUT2D eigenvalue weighted by Crippen LogP contribution is 2.32. The molecule has 2 N–H and O–H groups in total. The zero-order valence-corrected chi connectivity index (χ0v) is 17.9. The molecule has 2 aromatic heterocycles. The van der Waals surface area contributed by atoms with Crippen molar-refractivity contribution in [2.45, 2.75) is 0 Å². The van der Waals surface area contributed by atoms with Gasteiger partial charge < -0.3 is 20.1 Å². The highest BCUT2D eigenvalue weighted by atomic mass is 19.1. The lowest BCUT2D eigenvalue weighted by molar-refractivity contribution is 0.102. The third kappa shape index (κ3) is 4.87. The first-order chi connectivity index (χ1) is 16.1. The van der Waals surface area contributed by atoms with E-state index in [-0.39, 0.29) is 17.2 Å². The zero-order chi connectivity index (χ0) is 23.2. The number of hydrogen-bond acceptors (Lipinski definition) is 7. The topological polar surface area (TPSA) is 98.3 Å². The standard InChI is InChI=1S/C24H20FN5O3/c1-26-24-28-13-11-18(30-24)16-6-5-12-27-23(16)33-21-14-15(9-10-17(21)25)22(31)29-19-7-3-4-8-20(19)32-2/h3-14H,1-2H3,(H,29,31)(H,26,28,30). The summed E-state index contributed by atoms with van der Waals surface area (Å²) in [5, 5.41) is 5.62. The molecule has 2 heterocycles. The van der Waals surface area contributed by atoms with Crippen LogP contribution >= 0.6 is 0 Å². The molecule has 8 nitrogen and oxygen atoms in total. The molecule has 0 saturated carbocycles. The number of para-hydroxylation sites is 2. The van der Waals surface area contributed by atoms with Crippen LogP contribution in [0.5, 0.6) is 17.4 Å². The van der Waals surface area contributed by atoms with Crippen molar-refractivity contribution in [3.8, 4) is 28.6 Å². The number of anilines is 2. The minimum atomic E-state index is -0.640. The first-order valence-corrected chi connectivity index (χ1v) is 9.97. The molecule has 0 aliphatic rings. The van der Waals surface area contributed by atoms with E-state index in [2.05, 4.69) is 25.6 Å². The van der Waals surface area contributed by atoms with E-state index in [1.165, 1.54) is 31.5 Å². The predicted octanol–water partition coefficient (Wildman–Crippen LogP) is 4.77. The highest BCUT2D eigenvalue weighted by molar-refractivity contribution is 6.05. The van der Waals surface area contributed by atoms with E-state index in [0.29, 0.717) is 28.6 Å². The summed E-state index contributed by atoms with van der Waals surface area (Å²) in [5.74, 6) is -0.166. The van der Waals surface area contributed by atoms with Gasteiger partial charge in [-0.3, -0.25) is 4.79 Å². The molecule has 1 amide bonds. The number of amides is 1. The number of nitrogens with zero attached hydrogens (tertiary/aromatic N) is 3. The first kappa shape index (κ1) is 21.7. The van der Waals surface area contributed by atoms with Crippen LogP contribution in [-0.2, 0) is 0 Å². The molecule has 0 atom stereocenters. The summed E-state index contributed by atoms with van der Waals surface area (Å²) in [4.78, 5) is 25.5. The Morgan fingerprint density at radius 3 is 2.64 bits per heavy atom. The third-order valence-corrected chi connectivity index (χ3v) is 4.68. The number of rotatable bonds is 7. The van der Waals surface area contributed by atoms with Gasteiger partial charge in [-0.15, -0.1) is 0 Å². The summed E-state index contributed by atoms with van der Waals surface area (Å²) in [5.41, 5.74) is 1.78. The number of nitrogens with one attached hydrogen (secondary N) is 2. The van der Waals surface area contributed by atoms with E-state index in [1.807, 2.05) is 0 Å². The minimum absolute atomic E-state index is 0.138. The Hall–Kier alpha value is -4.53. The Morgan fingerprint density at radius 2 is 1.82 bits per heavy atom. The molecule has 0 aliphatic carbocycles. The molecule has 0 bridgehead atoms. The van der Waals surface area contributed by atoms with Crippen LogP contribution in [0.1, 0.15) is 10.4 Å². The molecule has 0 saturated heterocycles. The Labute approximate surface area is 189 Å². The molecule has 0 spiro atoms. The third-order valence-electron chi connectivity index (χ3n) is 4.68. The van der Waals surface area contributed by atoms with E-state index < -0.39 is 11.7 Å². The summed E-state index contributed by atoms with van der Waals surface area (Å²) in [6.45, 7) is 0. The lowest BCUT2D eigenvalue weighted by Gasteiger charge is -2.13. The summed E-state index contributed by atoms with van der Waals surface area (Å²) < 4.78 is 25.6. The molecule has 166 valence electrons. The number of carbonyl (C=O) groups is 1. The van der Waals surface area contributed by atoms with Crippen LogP contribution in [0.25, 0.3) is 11.3 Å². The fraction of sp³-hybridized carbons (Fsp3) is 0.0833. The molecule has 2 aromatic carbocycles. The van der Waals surface area contributed by atoms with Gasteiger partial charge in [0.1, 0.15) is 5.75 Å². The molecule has 4 aromatic rings. The van der Waals surface area contributed by atoms with Gasteiger partial charge >= 0.3 is 0 Å². The average Bonchev–Trinajstić information content (AvgIpc) is 2.86. The van der Waals surface area contributed by atoms with Crippen LogP contribution in [0, 0.1) is 5.82 Å². The quantitative estimate of drug-likeness (QED) is 0.423. The largest absolute Gasteiger partial charge is 0.495 e. The molecule has 4 rings (SSSR count). The number of methoxy groups -OCH3 is 1. The Balaban J connectivity index is 1.63. The second kappa shape index (κ2) is 9.73. The maximum atomic E-state index is 14.6. The van der Waals surface area contributed by atoms with Crippen LogP contribution in [0.4, 0.5) is 16.0 Å². The average molecular weight is 445 g/mol. The molecule has 0 unspecified atom stereocenters. The first-order valence-electron chi connectivity index (χ1n) is 9.97. The van der Waals surface area contributed by atoms with E-state index in [1.54, 1.807) is 55.7 Å². The fourth-order valence-electron chi connectivity index (χ4n) is 3.07. The van der Waals surface area contributed by atoms with Crippen molar-refractivity contribution < 1.29 is 18.7 Å². The molecule has 0 fully saturated rings. The predicted molar refractivity (Wildman–Crippen MR) is 122 cm³/mol. The van der Waals surface area contributed by atoms with Gasteiger partial charge in [0.15, 0.2) is 11.6 Å². The number of halogens is 1. The Bertz CT molecular complexity index is 1300. The van der Waals surface area contributed by atoms with Gasteiger partial charge in [-0.1, -0.05) is 12.1 Å². The molecular formula is C24H20FN5O3. The maximum Gasteiger partial charge on any atom is 0.255 e. The molecule has 0 radical (unpaired) electrons. The van der Waals surface area contributed by atoms with Gasteiger partial charge in [0.25, 0.3) is 5.91 Å². The van der Waals surface area contributed by atoms with E-state index >= 15 is 0 Å². The van der Waals surface area contributed by atoms with Gasteiger partial charge in [0.2, 0.25) is 11.8 Å². The van der Waals surface area contributed by atoms with Crippen molar-refractivity contribution in [1.29, 1.82) is 0 Å². The Kier molecular flexibility index (Phi) is 6.40. The van der Waals surface area contributed by atoms with Crippen molar-refractivity contribution >= 4 is 17.5 Å². The van der Waals surface area contributed by atoms with Gasteiger partial charge in [-0.05, 0) is 48.5 Å². The highest BCUT2D eigenvalue weighted by Gasteiger charge is 2.16. The normalized spacial score (nSPS) is 10.4. The number of carbonyl (C=O) groups excluding carboxylic acids is 1. The second-order valence-corrected chi connectivity index (χ2v) is 6.77. The van der Waals surface area contributed by atoms with Crippen molar-refractivity contribution in [3.63, 3.8) is 0 Å². The minimum Gasteiger partial charge on any atom is -0.495 e. The number of ether oxygens (including phenoxy) is 2. The van der Waals surface area contributed by atoms with Crippen molar-refractivity contribution in [2.24, 2.45) is 0 Å². The van der Waals surface area contributed by atoms with Gasteiger partial charge in [0, 0.05) is 25.0 Å². The van der Waals surface area contributed by atoms with Crippen molar-refractivity contribution in [3.05, 3.63) is 84.4 Å². The molecule has 0 aliphatic heterocycles. The molecule has 9 heteroatoms. The van der Waals surface area contributed by atoms with Gasteiger partial charge in [-0.25, -0.2) is 19.3 Å². The maximum absolute atomic E-state index is 14.6. The molecular weight excluding hydrogens is 425 g/mol. The van der Waals surface area contributed by atoms with Crippen LogP contribution in [0.3, 0.4) is 0 Å². The van der Waals surface area contributed by atoms with Crippen LogP contribution in [0.2, 0.25) is 0 Å². The summed E-state index contributed by atoms with van der Waals surface area (Å²) in [7, 11) is 3.22. The second-order valence-electron chi connectivity index (χ2n) is 6.77. The smallest absolute Gasteiger partial charge is 0.255 e. The monoisotopic (exact) mass is 445 g/mol. The van der Waals surface area contributed by atoms with Crippen molar-refractivity contribution in [1.82, 2.24) is 15.0 Å². The summed E-state index contributed by atoms with van der Waals surface area (Å²) >= 11 is 0. The molecule has 33 heavy (non-hydrogen) atoms. The number of aromatic nitrogens is 3. The van der Waals surface area contributed by atoms with E-state index in [4.69, 9.17) is 9.47 Å². The van der Waals surface area contributed by atoms with Gasteiger partial charge in [0.05, 0.1) is 24.1 Å².